The van der Waals surface area contributed by atoms with Crippen LogP contribution in [0.3, 0.4) is 0 Å². The molecule has 3 nitrogen and oxygen atoms in total. The Balaban J connectivity index is 1.67. The zero-order chi connectivity index (χ0) is 13.9. The van der Waals surface area contributed by atoms with Crippen molar-refractivity contribution >= 4 is 0 Å². The van der Waals surface area contributed by atoms with Gasteiger partial charge in [0.05, 0.1) is 0 Å². The van der Waals surface area contributed by atoms with E-state index in [9.17, 15) is 4.39 Å². The number of benzene rings is 2. The van der Waals surface area contributed by atoms with Gasteiger partial charge in [0.1, 0.15) is 18.5 Å². The van der Waals surface area contributed by atoms with Gasteiger partial charge in [0, 0.05) is 6.04 Å². The van der Waals surface area contributed by atoms with Gasteiger partial charge in [-0.2, -0.15) is 0 Å². The summed E-state index contributed by atoms with van der Waals surface area (Å²) in [6.07, 6.45) is 0.422. The van der Waals surface area contributed by atoms with Crippen LogP contribution in [0.5, 0.6) is 11.5 Å². The van der Waals surface area contributed by atoms with Crippen LogP contribution in [-0.4, -0.2) is 18.8 Å². The van der Waals surface area contributed by atoms with E-state index in [0.717, 1.165) is 17.1 Å². The standard InChI is InChI=1S/C16H16FNO2/c17-12-7-5-11(6-8-12)9-13(18)16-10-19-14-3-1-2-4-15(14)20-16/h1-8,13,16H,9-10,18H2. The number of hydrogen-bond donors (Lipinski definition) is 1. The zero-order valence-corrected chi connectivity index (χ0v) is 11.0. The normalized spacial score (nSPS) is 18.6. The van der Waals surface area contributed by atoms with Crippen molar-refractivity contribution in [2.75, 3.05) is 6.61 Å². The minimum Gasteiger partial charge on any atom is -0.486 e. The Morgan fingerprint density at radius 3 is 2.55 bits per heavy atom. The third-order valence-corrected chi connectivity index (χ3v) is 3.39. The number of rotatable bonds is 3. The van der Waals surface area contributed by atoms with Crippen LogP contribution in [0.4, 0.5) is 4.39 Å². The van der Waals surface area contributed by atoms with Crippen LogP contribution in [0.15, 0.2) is 48.5 Å². The van der Waals surface area contributed by atoms with Gasteiger partial charge in [-0.25, -0.2) is 4.39 Å². The zero-order valence-electron chi connectivity index (χ0n) is 11.0. The molecule has 0 aliphatic carbocycles. The third kappa shape index (κ3) is 2.75. The Morgan fingerprint density at radius 1 is 1.10 bits per heavy atom. The van der Waals surface area contributed by atoms with Crippen molar-refractivity contribution in [1.29, 1.82) is 0 Å². The lowest BCUT2D eigenvalue weighted by Gasteiger charge is -2.30. The molecular weight excluding hydrogens is 257 g/mol. The lowest BCUT2D eigenvalue weighted by molar-refractivity contribution is 0.0723. The van der Waals surface area contributed by atoms with Crippen molar-refractivity contribution < 1.29 is 13.9 Å². The first-order chi connectivity index (χ1) is 9.72. The van der Waals surface area contributed by atoms with Gasteiger partial charge in [-0.3, -0.25) is 0 Å². The highest BCUT2D eigenvalue weighted by Crippen LogP contribution is 2.31. The molecule has 0 bridgehead atoms. The maximum absolute atomic E-state index is 12.9. The highest BCUT2D eigenvalue weighted by molar-refractivity contribution is 5.40. The minimum atomic E-state index is -0.242. The van der Waals surface area contributed by atoms with Gasteiger partial charge >= 0.3 is 0 Å². The van der Waals surface area contributed by atoms with Crippen molar-refractivity contribution in [3.05, 3.63) is 59.9 Å². The molecule has 1 aliphatic rings. The molecule has 4 heteroatoms. The summed E-state index contributed by atoms with van der Waals surface area (Å²) < 4.78 is 24.4. The van der Waals surface area contributed by atoms with Crippen LogP contribution in [0, 0.1) is 5.82 Å². The van der Waals surface area contributed by atoms with Crippen LogP contribution in [-0.2, 0) is 6.42 Å². The molecule has 1 aliphatic heterocycles. The Labute approximate surface area is 117 Å². The lowest BCUT2D eigenvalue weighted by atomic mass is 10.0. The first-order valence-electron chi connectivity index (χ1n) is 6.61. The molecule has 20 heavy (non-hydrogen) atoms. The van der Waals surface area contributed by atoms with Crippen molar-refractivity contribution in [3.63, 3.8) is 0 Å². The molecule has 0 fully saturated rings. The molecule has 2 aromatic rings. The molecular formula is C16H16FNO2. The summed E-state index contributed by atoms with van der Waals surface area (Å²) in [6, 6.07) is 13.7. The molecule has 2 unspecified atom stereocenters. The quantitative estimate of drug-likeness (QED) is 0.934. The fourth-order valence-electron chi connectivity index (χ4n) is 2.27. The Bertz CT molecular complexity index is 585. The third-order valence-electron chi connectivity index (χ3n) is 3.39. The Morgan fingerprint density at radius 2 is 1.80 bits per heavy atom. The van der Waals surface area contributed by atoms with E-state index in [1.54, 1.807) is 12.1 Å². The van der Waals surface area contributed by atoms with E-state index in [4.69, 9.17) is 15.2 Å². The summed E-state index contributed by atoms with van der Waals surface area (Å²) in [5, 5.41) is 0. The molecule has 104 valence electrons. The summed E-state index contributed by atoms with van der Waals surface area (Å²) in [5.74, 6) is 1.23. The smallest absolute Gasteiger partial charge is 0.161 e. The second kappa shape index (κ2) is 5.51. The second-order valence-electron chi connectivity index (χ2n) is 4.91. The summed E-state index contributed by atoms with van der Waals surface area (Å²) in [6.45, 7) is 0.430. The molecule has 2 aromatic carbocycles. The van der Waals surface area contributed by atoms with E-state index in [0.29, 0.717) is 13.0 Å². The molecule has 0 amide bonds. The van der Waals surface area contributed by atoms with Gasteiger partial charge < -0.3 is 15.2 Å². The molecule has 2 N–H and O–H groups in total. The first-order valence-corrected chi connectivity index (χ1v) is 6.61. The maximum Gasteiger partial charge on any atom is 0.161 e. The molecule has 2 atom stereocenters. The van der Waals surface area contributed by atoms with Gasteiger partial charge in [-0.05, 0) is 36.2 Å². The van der Waals surface area contributed by atoms with Crippen LogP contribution >= 0.6 is 0 Å². The van der Waals surface area contributed by atoms with Gasteiger partial charge in [0.15, 0.2) is 11.5 Å². The molecule has 0 saturated carbocycles. The second-order valence-corrected chi connectivity index (χ2v) is 4.91. The highest BCUT2D eigenvalue weighted by Gasteiger charge is 2.26. The predicted molar refractivity (Wildman–Crippen MR) is 74.4 cm³/mol. The Hall–Kier alpha value is -2.07. The average Bonchev–Trinajstić information content (AvgIpc) is 2.49. The van der Waals surface area contributed by atoms with Crippen molar-refractivity contribution in [2.45, 2.75) is 18.6 Å². The van der Waals surface area contributed by atoms with E-state index in [1.807, 2.05) is 24.3 Å². The largest absolute Gasteiger partial charge is 0.486 e. The molecule has 3 rings (SSSR count). The Kier molecular flexibility index (Phi) is 3.56. The monoisotopic (exact) mass is 273 g/mol. The number of halogens is 1. The minimum absolute atomic E-state index is 0.199. The SMILES string of the molecule is NC(Cc1ccc(F)cc1)C1COc2ccccc2O1. The molecule has 0 spiro atoms. The number of para-hydroxylation sites is 2. The molecule has 1 heterocycles. The van der Waals surface area contributed by atoms with Crippen molar-refractivity contribution in [2.24, 2.45) is 5.73 Å². The van der Waals surface area contributed by atoms with E-state index >= 15 is 0 Å². The van der Waals surface area contributed by atoms with Gasteiger partial charge in [-0.15, -0.1) is 0 Å². The summed E-state index contributed by atoms with van der Waals surface area (Å²) in [5.41, 5.74) is 7.16. The van der Waals surface area contributed by atoms with Gasteiger partial charge in [0.25, 0.3) is 0 Å². The topological polar surface area (TPSA) is 44.5 Å². The maximum atomic E-state index is 12.9. The van der Waals surface area contributed by atoms with Gasteiger partial charge in [0.2, 0.25) is 0 Å². The average molecular weight is 273 g/mol. The fraction of sp³-hybridized carbons (Fsp3) is 0.250. The number of ether oxygens (including phenoxy) is 2. The van der Waals surface area contributed by atoms with E-state index in [2.05, 4.69) is 0 Å². The van der Waals surface area contributed by atoms with Crippen LogP contribution in [0.25, 0.3) is 0 Å². The van der Waals surface area contributed by atoms with Crippen molar-refractivity contribution in [3.8, 4) is 11.5 Å². The predicted octanol–water partition coefficient (Wildman–Crippen LogP) is 2.54. The molecule has 0 saturated heterocycles. The number of nitrogens with two attached hydrogens (primary N) is 1. The number of hydrogen-bond acceptors (Lipinski definition) is 3. The molecule has 0 aromatic heterocycles. The van der Waals surface area contributed by atoms with E-state index in [-0.39, 0.29) is 18.0 Å². The van der Waals surface area contributed by atoms with Gasteiger partial charge in [-0.1, -0.05) is 24.3 Å². The summed E-state index contributed by atoms with van der Waals surface area (Å²) in [7, 11) is 0. The summed E-state index contributed by atoms with van der Waals surface area (Å²) in [4.78, 5) is 0. The van der Waals surface area contributed by atoms with Crippen LogP contribution in [0.2, 0.25) is 0 Å². The lowest BCUT2D eigenvalue weighted by Crippen LogP contribution is -2.46. The highest BCUT2D eigenvalue weighted by atomic mass is 19.1. The summed E-state index contributed by atoms with van der Waals surface area (Å²) >= 11 is 0. The first kappa shape index (κ1) is 12.9. The fourth-order valence-corrected chi connectivity index (χ4v) is 2.27. The van der Waals surface area contributed by atoms with Crippen LogP contribution < -0.4 is 15.2 Å². The van der Waals surface area contributed by atoms with E-state index in [1.165, 1.54) is 12.1 Å². The number of fused-ring (bicyclic) bond motifs is 1. The molecule has 0 radical (unpaired) electrons. The van der Waals surface area contributed by atoms with Crippen molar-refractivity contribution in [1.82, 2.24) is 0 Å². The van der Waals surface area contributed by atoms with Crippen LogP contribution in [0.1, 0.15) is 5.56 Å². The van der Waals surface area contributed by atoms with E-state index < -0.39 is 0 Å².